The van der Waals surface area contributed by atoms with Crippen LogP contribution in [0.15, 0.2) is 35.2 Å². The van der Waals surface area contributed by atoms with Crippen molar-refractivity contribution in [3.63, 3.8) is 0 Å². The molecule has 2 aromatic rings. The lowest BCUT2D eigenvalue weighted by Crippen LogP contribution is -2.36. The van der Waals surface area contributed by atoms with Crippen LogP contribution in [0.4, 0.5) is 0 Å². The molecule has 0 spiro atoms. The largest absolute Gasteiger partial charge is 0.286 e. The van der Waals surface area contributed by atoms with Crippen molar-refractivity contribution in [2.24, 2.45) is 0 Å². The van der Waals surface area contributed by atoms with Gasteiger partial charge in [0.25, 0.3) is 5.91 Å². The zero-order valence-corrected chi connectivity index (χ0v) is 10.4. The molecule has 0 atom stereocenters. The van der Waals surface area contributed by atoms with Gasteiger partial charge in [0, 0.05) is 16.9 Å². The van der Waals surface area contributed by atoms with Gasteiger partial charge in [-0.1, -0.05) is 23.7 Å². The third-order valence-electron chi connectivity index (χ3n) is 2.05. The predicted molar refractivity (Wildman–Crippen MR) is 67.9 cm³/mol. The molecule has 1 aromatic carbocycles. The van der Waals surface area contributed by atoms with Crippen molar-refractivity contribution >= 4 is 28.8 Å². The van der Waals surface area contributed by atoms with E-state index in [9.17, 15) is 4.79 Å². The number of carbonyl (C=O) groups is 1. The third kappa shape index (κ3) is 3.52. The van der Waals surface area contributed by atoms with Crippen LogP contribution >= 0.6 is 22.9 Å². The van der Waals surface area contributed by atoms with Crippen molar-refractivity contribution in [1.29, 1.82) is 0 Å². The first kappa shape index (κ1) is 12.0. The minimum atomic E-state index is -0.242. The summed E-state index contributed by atoms with van der Waals surface area (Å²) < 4.78 is 0. The molecular formula is C11H10ClN3OS. The standard InChI is InChI=1S/C11H10ClN3OS/c12-9-3-1-2-8(4-9)5-14-15-11(16)10-6-17-7-13-10/h1-4,6-7,14H,5H2,(H,15,16). The number of thiazole rings is 1. The second-order valence-electron chi connectivity index (χ2n) is 3.31. The van der Waals surface area contributed by atoms with Crippen molar-refractivity contribution < 1.29 is 4.79 Å². The van der Waals surface area contributed by atoms with Crippen LogP contribution in [-0.2, 0) is 6.54 Å². The maximum atomic E-state index is 11.5. The number of nitrogens with zero attached hydrogens (tertiary/aromatic N) is 1. The fraction of sp³-hybridized carbons (Fsp3) is 0.0909. The van der Waals surface area contributed by atoms with Gasteiger partial charge in [-0.2, -0.15) is 0 Å². The van der Waals surface area contributed by atoms with Crippen LogP contribution in [0.5, 0.6) is 0 Å². The number of halogens is 1. The number of hydrazine groups is 1. The number of nitrogens with one attached hydrogen (secondary N) is 2. The normalized spacial score (nSPS) is 10.2. The Morgan fingerprint density at radius 2 is 2.35 bits per heavy atom. The highest BCUT2D eigenvalue weighted by Crippen LogP contribution is 2.09. The number of aromatic nitrogens is 1. The van der Waals surface area contributed by atoms with E-state index in [0.29, 0.717) is 17.3 Å². The zero-order valence-electron chi connectivity index (χ0n) is 8.81. The van der Waals surface area contributed by atoms with E-state index in [1.54, 1.807) is 17.0 Å². The molecule has 0 aliphatic heterocycles. The van der Waals surface area contributed by atoms with E-state index in [4.69, 9.17) is 11.6 Å². The van der Waals surface area contributed by atoms with Gasteiger partial charge in [0.1, 0.15) is 5.69 Å². The Balaban J connectivity index is 1.82. The van der Waals surface area contributed by atoms with Gasteiger partial charge >= 0.3 is 0 Å². The Hall–Kier alpha value is -1.43. The van der Waals surface area contributed by atoms with Gasteiger partial charge < -0.3 is 0 Å². The van der Waals surface area contributed by atoms with E-state index in [1.165, 1.54) is 11.3 Å². The molecule has 4 nitrogen and oxygen atoms in total. The molecule has 2 N–H and O–H groups in total. The molecule has 1 amide bonds. The average Bonchev–Trinajstić information content (AvgIpc) is 2.82. The van der Waals surface area contributed by atoms with Gasteiger partial charge in [-0.15, -0.1) is 11.3 Å². The highest BCUT2D eigenvalue weighted by Gasteiger charge is 2.05. The molecule has 0 unspecified atom stereocenters. The SMILES string of the molecule is O=C(NNCc1cccc(Cl)c1)c1cscn1. The second kappa shape index (κ2) is 5.77. The van der Waals surface area contributed by atoms with Crippen LogP contribution in [0.25, 0.3) is 0 Å². The van der Waals surface area contributed by atoms with Crippen LogP contribution in [0, 0.1) is 0 Å². The smallest absolute Gasteiger partial charge is 0.284 e. The molecule has 6 heteroatoms. The fourth-order valence-corrected chi connectivity index (χ4v) is 2.01. The van der Waals surface area contributed by atoms with Crippen LogP contribution < -0.4 is 10.9 Å². The van der Waals surface area contributed by atoms with E-state index < -0.39 is 0 Å². The number of hydrogen-bond acceptors (Lipinski definition) is 4. The van der Waals surface area contributed by atoms with Gasteiger partial charge in [0.15, 0.2) is 0 Å². The first-order valence-electron chi connectivity index (χ1n) is 4.91. The predicted octanol–water partition coefficient (Wildman–Crippen LogP) is 2.23. The molecule has 0 saturated heterocycles. The van der Waals surface area contributed by atoms with Crippen LogP contribution in [-0.4, -0.2) is 10.9 Å². The molecule has 0 saturated carbocycles. The average molecular weight is 268 g/mol. The summed E-state index contributed by atoms with van der Waals surface area (Å²) in [6, 6.07) is 7.43. The summed E-state index contributed by atoms with van der Waals surface area (Å²) in [6.07, 6.45) is 0. The van der Waals surface area contributed by atoms with E-state index in [2.05, 4.69) is 15.8 Å². The molecule has 17 heavy (non-hydrogen) atoms. The van der Waals surface area contributed by atoms with Gasteiger partial charge in [0.05, 0.1) is 5.51 Å². The zero-order chi connectivity index (χ0) is 12.1. The van der Waals surface area contributed by atoms with Crippen LogP contribution in [0.1, 0.15) is 16.1 Å². The van der Waals surface area contributed by atoms with Gasteiger partial charge in [-0.25, -0.2) is 10.4 Å². The quantitative estimate of drug-likeness (QED) is 0.836. The van der Waals surface area contributed by atoms with Gasteiger partial charge in [-0.05, 0) is 17.7 Å². The summed E-state index contributed by atoms with van der Waals surface area (Å²) in [5.74, 6) is -0.242. The molecule has 0 bridgehead atoms. The summed E-state index contributed by atoms with van der Waals surface area (Å²) in [4.78, 5) is 15.4. The molecule has 0 aliphatic carbocycles. The maximum Gasteiger partial charge on any atom is 0.284 e. The van der Waals surface area contributed by atoms with Gasteiger partial charge in [-0.3, -0.25) is 10.2 Å². The summed E-state index contributed by atoms with van der Waals surface area (Å²) >= 11 is 7.23. The van der Waals surface area contributed by atoms with E-state index in [-0.39, 0.29) is 5.91 Å². The number of rotatable bonds is 4. The molecule has 0 fully saturated rings. The number of hydrogen-bond donors (Lipinski definition) is 2. The Morgan fingerprint density at radius 1 is 1.47 bits per heavy atom. The first-order chi connectivity index (χ1) is 8.25. The minimum Gasteiger partial charge on any atom is -0.286 e. The van der Waals surface area contributed by atoms with Crippen molar-refractivity contribution in [3.05, 3.63) is 51.4 Å². The third-order valence-corrected chi connectivity index (χ3v) is 2.87. The highest BCUT2D eigenvalue weighted by atomic mass is 35.5. The molecular weight excluding hydrogens is 258 g/mol. The van der Waals surface area contributed by atoms with Crippen molar-refractivity contribution in [3.8, 4) is 0 Å². The van der Waals surface area contributed by atoms with Crippen LogP contribution in [0.2, 0.25) is 5.02 Å². The first-order valence-corrected chi connectivity index (χ1v) is 6.23. The molecule has 1 heterocycles. The molecule has 0 aliphatic rings. The summed E-state index contributed by atoms with van der Waals surface area (Å²) in [6.45, 7) is 0.510. The van der Waals surface area contributed by atoms with E-state index in [1.807, 2.05) is 18.2 Å². The van der Waals surface area contributed by atoms with Crippen LogP contribution in [0.3, 0.4) is 0 Å². The fourth-order valence-electron chi connectivity index (χ4n) is 1.26. The second-order valence-corrected chi connectivity index (χ2v) is 4.47. The topological polar surface area (TPSA) is 54.0 Å². The Bertz CT molecular complexity index is 501. The van der Waals surface area contributed by atoms with E-state index >= 15 is 0 Å². The van der Waals surface area contributed by atoms with Crippen molar-refractivity contribution in [2.75, 3.05) is 0 Å². The summed E-state index contributed by atoms with van der Waals surface area (Å²) in [7, 11) is 0. The maximum absolute atomic E-state index is 11.5. The van der Waals surface area contributed by atoms with E-state index in [0.717, 1.165) is 5.56 Å². The number of benzene rings is 1. The Morgan fingerprint density at radius 3 is 3.06 bits per heavy atom. The highest BCUT2D eigenvalue weighted by molar-refractivity contribution is 7.07. The lowest BCUT2D eigenvalue weighted by Gasteiger charge is -2.06. The molecule has 1 aromatic heterocycles. The monoisotopic (exact) mass is 267 g/mol. The molecule has 0 radical (unpaired) electrons. The Kier molecular flexibility index (Phi) is 4.08. The molecule has 88 valence electrons. The summed E-state index contributed by atoms with van der Waals surface area (Å²) in [5.41, 5.74) is 8.41. The lowest BCUT2D eigenvalue weighted by atomic mass is 10.2. The van der Waals surface area contributed by atoms with Crippen molar-refractivity contribution in [2.45, 2.75) is 6.54 Å². The summed E-state index contributed by atoms with van der Waals surface area (Å²) in [5, 5.41) is 2.37. The van der Waals surface area contributed by atoms with Crippen molar-refractivity contribution in [1.82, 2.24) is 15.8 Å². The van der Waals surface area contributed by atoms with Gasteiger partial charge in [0.2, 0.25) is 0 Å². The number of carbonyl (C=O) groups excluding carboxylic acids is 1. The Labute approximate surface area is 108 Å². The number of amides is 1. The molecule has 2 rings (SSSR count). The minimum absolute atomic E-state index is 0.242. The lowest BCUT2D eigenvalue weighted by molar-refractivity contribution is 0.0928.